The van der Waals surface area contributed by atoms with Crippen molar-refractivity contribution in [2.45, 2.75) is 18.1 Å². The van der Waals surface area contributed by atoms with Crippen LogP contribution in [-0.4, -0.2) is 9.97 Å². The van der Waals surface area contributed by atoms with Crippen molar-refractivity contribution in [3.8, 4) is 10.6 Å². The lowest BCUT2D eigenvalue weighted by Gasteiger charge is -2.04. The molecule has 2 aromatic rings. The molecule has 2 heterocycles. The van der Waals surface area contributed by atoms with Gasteiger partial charge in [0.1, 0.15) is 5.01 Å². The number of thiol groups is 1. The lowest BCUT2D eigenvalue weighted by molar-refractivity contribution is 0.572. The summed E-state index contributed by atoms with van der Waals surface area (Å²) in [6.07, 6.45) is 5.69. The number of pyridine rings is 1. The lowest BCUT2D eigenvalue weighted by Crippen LogP contribution is -1.92. The molecule has 0 amide bonds. The second-order valence-corrected chi connectivity index (χ2v) is 5.79. The smallest absolute Gasteiger partial charge is 0.228 e. The van der Waals surface area contributed by atoms with Gasteiger partial charge in [0.2, 0.25) is 5.95 Å². The van der Waals surface area contributed by atoms with Crippen LogP contribution >= 0.6 is 24.0 Å². The molecule has 17 heavy (non-hydrogen) atoms. The van der Waals surface area contributed by atoms with Gasteiger partial charge in [0.05, 0.1) is 4.88 Å². The highest BCUT2D eigenvalue weighted by Gasteiger charge is 2.33. The minimum Gasteiger partial charge on any atom is -0.264 e. The third kappa shape index (κ3) is 2.21. The predicted molar refractivity (Wildman–Crippen MR) is 69.8 cm³/mol. The molecule has 0 radical (unpaired) electrons. The molecule has 0 N–H and O–H groups in total. The van der Waals surface area contributed by atoms with Crippen molar-refractivity contribution < 1.29 is 4.39 Å². The molecule has 1 saturated carbocycles. The van der Waals surface area contributed by atoms with Crippen molar-refractivity contribution >= 4 is 24.0 Å². The van der Waals surface area contributed by atoms with E-state index in [1.54, 1.807) is 12.4 Å². The van der Waals surface area contributed by atoms with E-state index in [9.17, 15) is 4.39 Å². The van der Waals surface area contributed by atoms with Gasteiger partial charge >= 0.3 is 0 Å². The molecule has 0 saturated heterocycles. The second kappa shape index (κ2) is 4.38. The quantitative estimate of drug-likeness (QED) is 0.857. The van der Waals surface area contributed by atoms with Gasteiger partial charge < -0.3 is 0 Å². The van der Waals surface area contributed by atoms with E-state index in [0.717, 1.165) is 18.4 Å². The average Bonchev–Trinajstić information content (AvgIpc) is 3.13. The molecular formula is C12H11FN2S2. The fourth-order valence-electron chi connectivity index (χ4n) is 1.73. The van der Waals surface area contributed by atoms with Crippen LogP contribution in [0.25, 0.3) is 10.6 Å². The van der Waals surface area contributed by atoms with Crippen LogP contribution in [0.3, 0.4) is 0 Å². The Labute approximate surface area is 108 Å². The highest BCUT2D eigenvalue weighted by atomic mass is 32.1. The molecule has 0 aliphatic heterocycles. The molecular weight excluding hydrogens is 255 g/mol. The van der Waals surface area contributed by atoms with Crippen LogP contribution < -0.4 is 0 Å². The fourth-order valence-corrected chi connectivity index (χ4v) is 3.31. The molecule has 0 bridgehead atoms. The first kappa shape index (κ1) is 11.2. The van der Waals surface area contributed by atoms with Gasteiger partial charge in [0.15, 0.2) is 0 Å². The largest absolute Gasteiger partial charge is 0.264 e. The van der Waals surface area contributed by atoms with E-state index in [1.165, 1.54) is 11.3 Å². The number of halogens is 1. The Hall–Kier alpha value is -0.940. The molecule has 1 aliphatic carbocycles. The van der Waals surface area contributed by atoms with E-state index in [1.807, 2.05) is 12.1 Å². The summed E-state index contributed by atoms with van der Waals surface area (Å²) in [5.74, 6) is 0.149. The van der Waals surface area contributed by atoms with Gasteiger partial charge in [-0.15, -0.1) is 11.3 Å². The predicted octanol–water partition coefficient (Wildman–Crippen LogP) is 3.73. The zero-order valence-electron chi connectivity index (χ0n) is 9.01. The lowest BCUT2D eigenvalue weighted by atomic mass is 10.2. The van der Waals surface area contributed by atoms with Crippen molar-refractivity contribution in [1.29, 1.82) is 0 Å². The average molecular weight is 266 g/mol. The van der Waals surface area contributed by atoms with Crippen molar-refractivity contribution in [2.75, 3.05) is 0 Å². The van der Waals surface area contributed by atoms with Crippen LogP contribution in [0.2, 0.25) is 0 Å². The molecule has 2 nitrogen and oxygen atoms in total. The van der Waals surface area contributed by atoms with E-state index in [4.69, 9.17) is 0 Å². The number of aromatic nitrogens is 2. The first-order chi connectivity index (χ1) is 8.25. The van der Waals surface area contributed by atoms with E-state index < -0.39 is 0 Å². The SMILES string of the molecule is Fc1nc(-c2cccnc2)sc1C(S)C1CC1. The van der Waals surface area contributed by atoms with E-state index in [-0.39, 0.29) is 11.2 Å². The van der Waals surface area contributed by atoms with Crippen LogP contribution in [0.5, 0.6) is 0 Å². The van der Waals surface area contributed by atoms with E-state index in [0.29, 0.717) is 15.8 Å². The van der Waals surface area contributed by atoms with Gasteiger partial charge in [0, 0.05) is 23.2 Å². The molecule has 2 aromatic heterocycles. The summed E-state index contributed by atoms with van der Waals surface area (Å²) >= 11 is 5.87. The summed E-state index contributed by atoms with van der Waals surface area (Å²) in [4.78, 5) is 8.65. The first-order valence-electron chi connectivity index (χ1n) is 5.50. The number of thiazole rings is 1. The second-order valence-electron chi connectivity index (χ2n) is 4.20. The summed E-state index contributed by atoms with van der Waals surface area (Å²) in [6.45, 7) is 0. The molecule has 1 aliphatic rings. The van der Waals surface area contributed by atoms with Crippen molar-refractivity contribution in [3.05, 3.63) is 35.4 Å². The summed E-state index contributed by atoms with van der Waals surface area (Å²) < 4.78 is 13.8. The summed E-state index contributed by atoms with van der Waals surface area (Å²) in [6, 6.07) is 3.72. The van der Waals surface area contributed by atoms with Crippen molar-refractivity contribution in [2.24, 2.45) is 5.92 Å². The molecule has 5 heteroatoms. The van der Waals surface area contributed by atoms with Gasteiger partial charge in [-0.25, -0.2) is 4.98 Å². The Morgan fingerprint density at radius 3 is 2.94 bits per heavy atom. The summed E-state index contributed by atoms with van der Waals surface area (Å²) in [5, 5.41) is 0.684. The number of rotatable bonds is 3. The normalized spacial score (nSPS) is 17.1. The maximum atomic E-state index is 13.8. The third-order valence-electron chi connectivity index (χ3n) is 2.86. The molecule has 1 fully saturated rings. The Bertz CT molecular complexity index is 523. The Morgan fingerprint density at radius 1 is 1.47 bits per heavy atom. The van der Waals surface area contributed by atoms with E-state index in [2.05, 4.69) is 22.6 Å². The first-order valence-corrected chi connectivity index (χ1v) is 6.83. The Morgan fingerprint density at radius 2 is 2.29 bits per heavy atom. The standard InChI is InChI=1S/C12H11FN2S2/c13-11-10(9(16)7-3-4-7)17-12(15-11)8-2-1-5-14-6-8/h1-2,5-7,9,16H,3-4H2. The summed E-state index contributed by atoms with van der Waals surface area (Å²) in [5.41, 5.74) is 0.860. The van der Waals surface area contributed by atoms with Gasteiger partial charge in [0.25, 0.3) is 0 Å². The molecule has 0 aromatic carbocycles. The van der Waals surface area contributed by atoms with Crippen molar-refractivity contribution in [3.63, 3.8) is 0 Å². The molecule has 0 spiro atoms. The maximum Gasteiger partial charge on any atom is 0.228 e. The third-order valence-corrected chi connectivity index (χ3v) is 4.87. The highest BCUT2D eigenvalue weighted by molar-refractivity contribution is 7.80. The number of nitrogens with zero attached hydrogens (tertiary/aromatic N) is 2. The monoisotopic (exact) mass is 266 g/mol. The zero-order valence-corrected chi connectivity index (χ0v) is 10.7. The molecule has 1 atom stereocenters. The van der Waals surface area contributed by atoms with Crippen LogP contribution in [-0.2, 0) is 0 Å². The minimum absolute atomic E-state index is 0.00192. The topological polar surface area (TPSA) is 25.8 Å². The van der Waals surface area contributed by atoms with Gasteiger partial charge in [-0.2, -0.15) is 17.0 Å². The summed E-state index contributed by atoms with van der Waals surface area (Å²) in [7, 11) is 0. The van der Waals surface area contributed by atoms with Crippen LogP contribution in [0.4, 0.5) is 4.39 Å². The zero-order chi connectivity index (χ0) is 11.8. The molecule has 1 unspecified atom stereocenters. The van der Waals surface area contributed by atoms with Gasteiger partial charge in [-0.3, -0.25) is 4.98 Å². The van der Waals surface area contributed by atoms with Crippen LogP contribution in [0, 0.1) is 11.9 Å². The van der Waals surface area contributed by atoms with Gasteiger partial charge in [-0.05, 0) is 30.9 Å². The fraction of sp³-hybridized carbons (Fsp3) is 0.333. The van der Waals surface area contributed by atoms with E-state index >= 15 is 0 Å². The maximum absolute atomic E-state index is 13.8. The molecule has 88 valence electrons. The number of hydrogen-bond donors (Lipinski definition) is 1. The minimum atomic E-state index is -0.374. The highest BCUT2D eigenvalue weighted by Crippen LogP contribution is 2.47. The van der Waals surface area contributed by atoms with Crippen LogP contribution in [0.15, 0.2) is 24.5 Å². The van der Waals surface area contributed by atoms with Crippen LogP contribution in [0.1, 0.15) is 23.0 Å². The Balaban J connectivity index is 1.95. The van der Waals surface area contributed by atoms with Crippen molar-refractivity contribution in [1.82, 2.24) is 9.97 Å². The van der Waals surface area contributed by atoms with Gasteiger partial charge in [-0.1, -0.05) is 0 Å². The number of hydrogen-bond acceptors (Lipinski definition) is 4. The Kier molecular flexibility index (Phi) is 2.88. The molecule has 3 rings (SSSR count).